The van der Waals surface area contributed by atoms with Crippen molar-refractivity contribution < 1.29 is 18.0 Å². The molecule has 0 atom stereocenters. The van der Waals surface area contributed by atoms with Gasteiger partial charge in [-0.25, -0.2) is 10.1 Å². The third kappa shape index (κ3) is 4.35. The summed E-state index contributed by atoms with van der Waals surface area (Å²) < 4.78 is 41.3. The number of benzene rings is 2. The molecule has 1 N–H and O–H groups in total. The van der Waals surface area contributed by atoms with Gasteiger partial charge >= 0.3 is 6.18 Å². The van der Waals surface area contributed by atoms with Crippen molar-refractivity contribution in [2.24, 2.45) is 5.10 Å². The second-order valence-corrected chi connectivity index (χ2v) is 5.84. The molecule has 138 valence electrons. The number of rotatable bonds is 4. The van der Waals surface area contributed by atoms with Gasteiger partial charge in [-0.3, -0.25) is 4.79 Å². The van der Waals surface area contributed by atoms with Crippen LogP contribution in [0.3, 0.4) is 0 Å². The summed E-state index contributed by atoms with van der Waals surface area (Å²) in [5, 5.41) is 7.77. The summed E-state index contributed by atoms with van der Waals surface area (Å²) in [7, 11) is 0. The summed E-state index contributed by atoms with van der Waals surface area (Å²) in [4.78, 5) is 12.2. The van der Waals surface area contributed by atoms with Gasteiger partial charge in [0.25, 0.3) is 5.91 Å². The van der Waals surface area contributed by atoms with E-state index >= 15 is 0 Å². The molecule has 2 aromatic carbocycles. The van der Waals surface area contributed by atoms with Crippen LogP contribution in [-0.4, -0.2) is 21.9 Å². The van der Waals surface area contributed by atoms with Crippen molar-refractivity contribution in [3.05, 3.63) is 82.6 Å². The molecule has 0 bridgehead atoms. The van der Waals surface area contributed by atoms with E-state index in [4.69, 9.17) is 11.6 Å². The van der Waals surface area contributed by atoms with Gasteiger partial charge < -0.3 is 0 Å². The van der Waals surface area contributed by atoms with E-state index in [1.807, 2.05) is 0 Å². The first-order valence-electron chi connectivity index (χ1n) is 7.66. The van der Waals surface area contributed by atoms with Crippen LogP contribution in [0.2, 0.25) is 5.02 Å². The molecule has 0 fully saturated rings. The second kappa shape index (κ2) is 7.63. The Labute approximate surface area is 157 Å². The lowest BCUT2D eigenvalue weighted by Crippen LogP contribution is -2.23. The third-order valence-corrected chi connectivity index (χ3v) is 3.78. The number of aromatic nitrogens is 2. The highest BCUT2D eigenvalue weighted by molar-refractivity contribution is 6.30. The van der Waals surface area contributed by atoms with E-state index in [2.05, 4.69) is 15.6 Å². The summed E-state index contributed by atoms with van der Waals surface area (Å²) >= 11 is 5.76. The first kappa shape index (κ1) is 18.7. The molecule has 0 aliphatic heterocycles. The molecule has 9 heteroatoms. The number of carbonyl (C=O) groups excluding carboxylic acids is 1. The molecule has 0 saturated carbocycles. The zero-order valence-electron chi connectivity index (χ0n) is 13.6. The normalized spacial score (nSPS) is 11.7. The Morgan fingerprint density at radius 1 is 1.11 bits per heavy atom. The average Bonchev–Trinajstić information content (AvgIpc) is 3.09. The van der Waals surface area contributed by atoms with Crippen molar-refractivity contribution in [2.75, 3.05) is 0 Å². The van der Waals surface area contributed by atoms with Crippen LogP contribution >= 0.6 is 11.6 Å². The molecule has 0 spiro atoms. The summed E-state index contributed by atoms with van der Waals surface area (Å²) in [6, 6.07) is 14.4. The smallest absolute Gasteiger partial charge is 0.267 e. The first-order chi connectivity index (χ1) is 12.9. The first-order valence-corrected chi connectivity index (χ1v) is 8.03. The van der Waals surface area contributed by atoms with E-state index in [1.54, 1.807) is 30.3 Å². The number of halogens is 4. The van der Waals surface area contributed by atoms with Crippen molar-refractivity contribution in [1.29, 1.82) is 0 Å². The van der Waals surface area contributed by atoms with Crippen LogP contribution < -0.4 is 5.43 Å². The minimum atomic E-state index is -4.80. The molecule has 1 amide bonds. The Morgan fingerprint density at radius 2 is 1.78 bits per heavy atom. The maximum atomic E-state index is 13.5. The Balaban J connectivity index is 1.90. The molecule has 0 aliphatic carbocycles. The predicted molar refractivity (Wildman–Crippen MR) is 95.1 cm³/mol. The van der Waals surface area contributed by atoms with Crippen molar-refractivity contribution in [3.8, 4) is 5.69 Å². The quantitative estimate of drug-likeness (QED) is 0.531. The molecular weight excluding hydrogens is 381 g/mol. The monoisotopic (exact) mass is 392 g/mol. The van der Waals surface area contributed by atoms with Gasteiger partial charge in [0.2, 0.25) is 0 Å². The summed E-state index contributed by atoms with van der Waals surface area (Å²) in [6.45, 7) is 0. The zero-order valence-corrected chi connectivity index (χ0v) is 14.4. The summed E-state index contributed by atoms with van der Waals surface area (Å²) in [6.07, 6.45) is -2.62. The molecule has 0 unspecified atom stereocenters. The van der Waals surface area contributed by atoms with Crippen LogP contribution in [0.15, 0.2) is 65.9 Å². The Morgan fingerprint density at radius 3 is 2.41 bits per heavy atom. The number of hydrazone groups is 1. The van der Waals surface area contributed by atoms with Crippen molar-refractivity contribution in [3.63, 3.8) is 0 Å². The lowest BCUT2D eigenvalue weighted by molar-refractivity contribution is -0.143. The third-order valence-electron chi connectivity index (χ3n) is 3.53. The Bertz CT molecular complexity index is 967. The lowest BCUT2D eigenvalue weighted by atomic mass is 10.2. The predicted octanol–water partition coefficient (Wildman–Crippen LogP) is 4.31. The number of amides is 1. The molecular formula is C18H12ClF3N4O. The molecule has 3 rings (SSSR count). The van der Waals surface area contributed by atoms with Crippen LogP contribution in [0.1, 0.15) is 21.6 Å². The SMILES string of the molecule is O=C(N/N=C/c1ccccc1)c1cnn(-c2ccc(Cl)cc2)c1C(F)(F)F. The van der Waals surface area contributed by atoms with E-state index in [9.17, 15) is 18.0 Å². The molecule has 3 aromatic rings. The number of nitrogens with zero attached hydrogens (tertiary/aromatic N) is 3. The van der Waals surface area contributed by atoms with Crippen LogP contribution in [0.4, 0.5) is 13.2 Å². The maximum absolute atomic E-state index is 13.5. The van der Waals surface area contributed by atoms with Gasteiger partial charge in [0.05, 0.1) is 23.7 Å². The lowest BCUT2D eigenvalue weighted by Gasteiger charge is -2.12. The largest absolute Gasteiger partial charge is 0.434 e. The average molecular weight is 393 g/mol. The molecule has 1 heterocycles. The van der Waals surface area contributed by atoms with E-state index in [0.29, 0.717) is 15.3 Å². The standard InChI is InChI=1S/C18H12ClF3N4O/c19-13-6-8-14(9-7-13)26-16(18(20,21)22)15(11-24-26)17(27)25-23-10-12-4-2-1-3-5-12/h1-11H,(H,25,27)/b23-10+. The van der Waals surface area contributed by atoms with E-state index in [0.717, 1.165) is 6.20 Å². The summed E-state index contributed by atoms with van der Waals surface area (Å²) in [5.41, 5.74) is 1.07. The second-order valence-electron chi connectivity index (χ2n) is 5.40. The number of alkyl halides is 3. The van der Waals surface area contributed by atoms with Crippen LogP contribution in [0.5, 0.6) is 0 Å². The number of hydrogen-bond donors (Lipinski definition) is 1. The molecule has 0 aliphatic rings. The molecule has 27 heavy (non-hydrogen) atoms. The van der Waals surface area contributed by atoms with Gasteiger partial charge in [-0.05, 0) is 29.8 Å². The minimum absolute atomic E-state index is 0.124. The fraction of sp³-hybridized carbons (Fsp3) is 0.0556. The molecule has 0 saturated heterocycles. The van der Waals surface area contributed by atoms with Gasteiger partial charge in [-0.1, -0.05) is 41.9 Å². The fourth-order valence-corrected chi connectivity index (χ4v) is 2.46. The molecule has 0 radical (unpaired) electrons. The Kier molecular flexibility index (Phi) is 5.27. The zero-order chi connectivity index (χ0) is 19.4. The van der Waals surface area contributed by atoms with Crippen molar-refractivity contribution >= 4 is 23.7 Å². The van der Waals surface area contributed by atoms with E-state index in [-0.39, 0.29) is 5.69 Å². The van der Waals surface area contributed by atoms with Crippen molar-refractivity contribution in [2.45, 2.75) is 6.18 Å². The maximum Gasteiger partial charge on any atom is 0.434 e. The van der Waals surface area contributed by atoms with Gasteiger partial charge in [0.15, 0.2) is 5.69 Å². The van der Waals surface area contributed by atoms with Crippen LogP contribution in [-0.2, 0) is 6.18 Å². The van der Waals surface area contributed by atoms with Gasteiger partial charge in [-0.15, -0.1) is 0 Å². The van der Waals surface area contributed by atoms with Gasteiger partial charge in [-0.2, -0.15) is 23.4 Å². The molecule has 1 aromatic heterocycles. The highest BCUT2D eigenvalue weighted by Gasteiger charge is 2.40. The van der Waals surface area contributed by atoms with Crippen molar-refractivity contribution in [1.82, 2.24) is 15.2 Å². The Hall–Kier alpha value is -3.13. The number of carbonyl (C=O) groups is 1. The van der Waals surface area contributed by atoms with Crippen LogP contribution in [0, 0.1) is 0 Å². The van der Waals surface area contributed by atoms with E-state index < -0.39 is 23.3 Å². The highest BCUT2D eigenvalue weighted by atomic mass is 35.5. The summed E-state index contributed by atoms with van der Waals surface area (Å²) in [5.74, 6) is -1.02. The number of hydrogen-bond acceptors (Lipinski definition) is 3. The minimum Gasteiger partial charge on any atom is -0.267 e. The van der Waals surface area contributed by atoms with Crippen LogP contribution in [0.25, 0.3) is 5.69 Å². The topological polar surface area (TPSA) is 59.3 Å². The molecule has 5 nitrogen and oxygen atoms in total. The van der Waals surface area contributed by atoms with Gasteiger partial charge in [0.1, 0.15) is 0 Å². The van der Waals surface area contributed by atoms with E-state index in [1.165, 1.54) is 30.5 Å². The fourth-order valence-electron chi connectivity index (χ4n) is 2.33. The highest BCUT2D eigenvalue weighted by Crippen LogP contribution is 2.33. The van der Waals surface area contributed by atoms with Gasteiger partial charge in [0, 0.05) is 5.02 Å². The number of nitrogens with one attached hydrogen (secondary N) is 1.